The molecule has 0 unspecified atom stereocenters. The summed E-state index contributed by atoms with van der Waals surface area (Å²) in [6, 6.07) is 29.7. The molecule has 0 N–H and O–H groups in total. The Morgan fingerprint density at radius 3 is 0.954 bits per heavy atom. The lowest BCUT2D eigenvalue weighted by Gasteiger charge is -2.32. The molecule has 0 amide bonds. The number of hydrogen-bond donors (Lipinski definition) is 0. The van der Waals surface area contributed by atoms with E-state index in [2.05, 4.69) is 0 Å². The number of rotatable bonds is 7. The molecule has 0 fully saturated rings. The van der Waals surface area contributed by atoms with Crippen LogP contribution in [0, 0.1) is 0 Å². The van der Waals surface area contributed by atoms with Crippen molar-refractivity contribution in [1.29, 1.82) is 0 Å². The number of fused-ring (bicyclic) bond motifs is 3. The number of aromatic nitrogens is 1. The number of hydrogen-bond acceptors (Lipinski definition) is 2. The van der Waals surface area contributed by atoms with Gasteiger partial charge < -0.3 is 14.4 Å². The first-order valence-corrected chi connectivity index (χ1v) is 18.9. The van der Waals surface area contributed by atoms with Crippen LogP contribution in [0.3, 0.4) is 0 Å². The molecule has 0 saturated carbocycles. The number of anilines is 6. The minimum atomic E-state index is -5.81. The van der Waals surface area contributed by atoms with E-state index in [1.54, 1.807) is 41.0 Å². The lowest BCUT2D eigenvalue weighted by Crippen LogP contribution is -2.24. The predicted molar refractivity (Wildman–Crippen MR) is 215 cm³/mol. The maximum Gasteiger partial charge on any atom is 0.418 e. The Bertz CT molecular complexity index is 2850. The molecule has 7 aromatic carbocycles. The molecule has 8 rings (SSSR count). The fourth-order valence-corrected chi connectivity index (χ4v) is 7.63. The topological polar surface area (TPSA) is 11.4 Å². The molecule has 0 atom stereocenters. The summed E-state index contributed by atoms with van der Waals surface area (Å²) < 4.78 is 215. The van der Waals surface area contributed by atoms with E-state index in [0.717, 1.165) is 59.3 Å². The number of para-hydroxylation sites is 2. The maximum absolute atomic E-state index is 15.0. The van der Waals surface area contributed by atoms with Crippen LogP contribution in [0.5, 0.6) is 0 Å². The summed E-state index contributed by atoms with van der Waals surface area (Å²) >= 11 is 0. The van der Waals surface area contributed by atoms with Gasteiger partial charge >= 0.3 is 30.9 Å². The molecular formula is C47H26F15N3. The van der Waals surface area contributed by atoms with Gasteiger partial charge in [-0.15, -0.1) is 0 Å². The Morgan fingerprint density at radius 2 is 0.615 bits per heavy atom. The lowest BCUT2D eigenvalue weighted by atomic mass is 9.98. The number of halogens is 15. The van der Waals surface area contributed by atoms with E-state index in [9.17, 15) is 65.9 Å². The fourth-order valence-electron chi connectivity index (χ4n) is 7.63. The first kappa shape index (κ1) is 44.5. The van der Waals surface area contributed by atoms with Gasteiger partial charge in [-0.1, -0.05) is 36.4 Å². The molecule has 334 valence electrons. The third-order valence-electron chi connectivity index (χ3n) is 10.5. The SMILES string of the molecule is FC(F)(F)c1ccc(N(c2ccc(N(c3ccc(-n4c5ccccc5c5ccccc54)cc3)c3c(C(F)(F)F)cc(C(F)(F)F)cc3C(F)(F)F)cc2)c2ccc(C(F)(F)F)cc2)cc1. The Labute approximate surface area is 357 Å². The molecule has 0 saturated heterocycles. The predicted octanol–water partition coefficient (Wildman–Crippen LogP) is 16.8. The van der Waals surface area contributed by atoms with Crippen LogP contribution in [0.1, 0.15) is 27.8 Å². The van der Waals surface area contributed by atoms with Crippen molar-refractivity contribution in [2.45, 2.75) is 30.9 Å². The summed E-state index contributed by atoms with van der Waals surface area (Å²) in [5, 5.41) is 1.65. The Balaban J connectivity index is 1.34. The average Bonchev–Trinajstić information content (AvgIpc) is 3.58. The highest BCUT2D eigenvalue weighted by Crippen LogP contribution is 2.52. The molecule has 0 bridgehead atoms. The van der Waals surface area contributed by atoms with Crippen LogP contribution in [0.15, 0.2) is 158 Å². The second kappa shape index (κ2) is 15.8. The standard InChI is InChI=1S/C47H26F15N3/c48-43(49,50)27-9-13-30(14-10-27)63(31-15-11-28(12-16-31)44(51,52)53)32-17-19-33(20-18-32)64(42-38(46(57,58)59)25-29(45(54,55)56)26-39(42)47(60,61)62)34-21-23-35(24-22-34)65-40-7-3-1-5-36(40)37-6-2-4-8-41(37)65/h1-26H. The van der Waals surface area contributed by atoms with E-state index in [4.69, 9.17) is 0 Å². The zero-order chi connectivity index (χ0) is 46.9. The Hall–Kier alpha value is -7.11. The molecule has 0 spiro atoms. The van der Waals surface area contributed by atoms with Crippen LogP contribution in [-0.2, 0) is 30.9 Å². The molecule has 18 heteroatoms. The van der Waals surface area contributed by atoms with E-state index >= 15 is 0 Å². The fraction of sp³-hybridized carbons (Fsp3) is 0.106. The van der Waals surface area contributed by atoms with E-state index in [-0.39, 0.29) is 22.7 Å². The van der Waals surface area contributed by atoms with Crippen molar-refractivity contribution in [2.24, 2.45) is 0 Å². The molecule has 1 aromatic heterocycles. The Kier molecular flexibility index (Phi) is 10.8. The molecule has 3 nitrogen and oxygen atoms in total. The van der Waals surface area contributed by atoms with Crippen LogP contribution < -0.4 is 9.80 Å². The highest BCUT2D eigenvalue weighted by Gasteiger charge is 2.47. The minimum absolute atomic E-state index is 0.0468. The van der Waals surface area contributed by atoms with E-state index in [1.807, 2.05) is 12.1 Å². The van der Waals surface area contributed by atoms with Gasteiger partial charge in [0.25, 0.3) is 0 Å². The molecular weight excluding hydrogens is 892 g/mol. The monoisotopic (exact) mass is 917 g/mol. The van der Waals surface area contributed by atoms with Gasteiger partial charge in [0.05, 0.1) is 44.5 Å². The molecule has 0 aliphatic rings. The van der Waals surface area contributed by atoms with E-state index in [1.165, 1.54) is 29.2 Å². The molecule has 65 heavy (non-hydrogen) atoms. The van der Waals surface area contributed by atoms with Gasteiger partial charge in [-0.2, -0.15) is 65.9 Å². The molecule has 8 aromatic rings. The second-order valence-electron chi connectivity index (χ2n) is 14.6. The summed E-state index contributed by atoms with van der Waals surface area (Å²) in [5.74, 6) is 0. The summed E-state index contributed by atoms with van der Waals surface area (Å²) in [5.41, 5.74) is -9.86. The van der Waals surface area contributed by atoms with Gasteiger partial charge in [-0.25, -0.2) is 0 Å². The van der Waals surface area contributed by atoms with Crippen molar-refractivity contribution in [3.8, 4) is 5.69 Å². The zero-order valence-corrected chi connectivity index (χ0v) is 32.5. The minimum Gasteiger partial charge on any atom is -0.311 e. The lowest BCUT2D eigenvalue weighted by molar-refractivity contribution is -0.148. The summed E-state index contributed by atoms with van der Waals surface area (Å²) in [4.78, 5) is 1.65. The van der Waals surface area contributed by atoms with E-state index < -0.39 is 82.2 Å². The number of alkyl halides is 15. The highest BCUT2D eigenvalue weighted by molar-refractivity contribution is 6.09. The third kappa shape index (κ3) is 8.63. The van der Waals surface area contributed by atoms with Crippen LogP contribution in [0.25, 0.3) is 27.5 Å². The van der Waals surface area contributed by atoms with Crippen molar-refractivity contribution in [2.75, 3.05) is 9.80 Å². The summed E-state index contributed by atoms with van der Waals surface area (Å²) in [6.07, 6.45) is -26.8. The highest BCUT2D eigenvalue weighted by atomic mass is 19.4. The van der Waals surface area contributed by atoms with Crippen LogP contribution in [0.2, 0.25) is 0 Å². The molecule has 0 radical (unpaired) electrons. The Morgan fingerprint density at radius 1 is 0.308 bits per heavy atom. The van der Waals surface area contributed by atoms with Gasteiger partial charge in [-0.3, -0.25) is 0 Å². The normalized spacial score (nSPS) is 12.8. The second-order valence-corrected chi connectivity index (χ2v) is 14.6. The van der Waals surface area contributed by atoms with Gasteiger partial charge in [-0.05, 0) is 121 Å². The smallest absolute Gasteiger partial charge is 0.311 e. The first-order valence-electron chi connectivity index (χ1n) is 18.9. The largest absolute Gasteiger partial charge is 0.418 e. The molecule has 0 aliphatic heterocycles. The van der Waals surface area contributed by atoms with Crippen LogP contribution >= 0.6 is 0 Å². The van der Waals surface area contributed by atoms with Gasteiger partial charge in [0, 0.05) is 44.9 Å². The van der Waals surface area contributed by atoms with Gasteiger partial charge in [0.1, 0.15) is 0 Å². The summed E-state index contributed by atoms with van der Waals surface area (Å²) in [7, 11) is 0. The quantitative estimate of drug-likeness (QED) is 0.148. The van der Waals surface area contributed by atoms with Gasteiger partial charge in [0.15, 0.2) is 0 Å². The van der Waals surface area contributed by atoms with Crippen molar-refractivity contribution in [3.05, 3.63) is 186 Å². The third-order valence-corrected chi connectivity index (χ3v) is 10.5. The zero-order valence-electron chi connectivity index (χ0n) is 32.5. The molecule has 0 aliphatic carbocycles. The van der Waals surface area contributed by atoms with Gasteiger partial charge in [0.2, 0.25) is 0 Å². The summed E-state index contributed by atoms with van der Waals surface area (Å²) in [6.45, 7) is 0. The van der Waals surface area contributed by atoms with Crippen molar-refractivity contribution < 1.29 is 65.9 Å². The van der Waals surface area contributed by atoms with Crippen molar-refractivity contribution >= 4 is 55.9 Å². The number of benzene rings is 7. The molecule has 1 heterocycles. The average molecular weight is 918 g/mol. The number of nitrogens with zero attached hydrogens (tertiary/aromatic N) is 3. The van der Waals surface area contributed by atoms with Crippen molar-refractivity contribution in [1.82, 2.24) is 4.57 Å². The van der Waals surface area contributed by atoms with Crippen LogP contribution in [0.4, 0.5) is 100.0 Å². The van der Waals surface area contributed by atoms with Crippen LogP contribution in [-0.4, -0.2) is 4.57 Å². The maximum atomic E-state index is 15.0. The van der Waals surface area contributed by atoms with E-state index in [0.29, 0.717) is 45.9 Å². The van der Waals surface area contributed by atoms with Crippen molar-refractivity contribution in [3.63, 3.8) is 0 Å². The first-order chi connectivity index (χ1) is 30.4.